The zero-order valence-electron chi connectivity index (χ0n) is 13.1. The second-order valence-corrected chi connectivity index (χ2v) is 5.66. The zero-order chi connectivity index (χ0) is 16.9. The Labute approximate surface area is 138 Å². The van der Waals surface area contributed by atoms with Gasteiger partial charge in [0.1, 0.15) is 18.1 Å². The maximum Gasteiger partial charge on any atom is 0.306 e. The van der Waals surface area contributed by atoms with Crippen LogP contribution in [0.15, 0.2) is 24.7 Å². The molecule has 128 valence electrons. The van der Waals surface area contributed by atoms with Gasteiger partial charge in [-0.2, -0.15) is 10.2 Å². The first-order valence-corrected chi connectivity index (χ1v) is 7.84. The van der Waals surface area contributed by atoms with Crippen molar-refractivity contribution in [2.75, 3.05) is 19.6 Å². The van der Waals surface area contributed by atoms with E-state index in [2.05, 4.69) is 20.8 Å². The molecule has 24 heavy (non-hydrogen) atoms. The van der Waals surface area contributed by atoms with Gasteiger partial charge in [-0.05, 0) is 25.5 Å². The van der Waals surface area contributed by atoms with Crippen molar-refractivity contribution in [1.29, 1.82) is 0 Å². The van der Waals surface area contributed by atoms with Crippen LogP contribution in [0.2, 0.25) is 0 Å². The maximum atomic E-state index is 12.1. The largest absolute Gasteiger partial charge is 0.349 e. The second kappa shape index (κ2) is 7.21. The molecule has 1 fully saturated rings. The summed E-state index contributed by atoms with van der Waals surface area (Å²) in [5, 5.41) is 24.8. The Bertz CT molecular complexity index is 718. The number of piperidine rings is 1. The maximum absolute atomic E-state index is 12.1. The van der Waals surface area contributed by atoms with E-state index >= 15 is 0 Å². The Morgan fingerprint density at radius 3 is 3.12 bits per heavy atom. The lowest BCUT2D eigenvalue weighted by Crippen LogP contribution is -2.32. The van der Waals surface area contributed by atoms with Crippen molar-refractivity contribution in [2.45, 2.75) is 25.4 Å². The second-order valence-electron chi connectivity index (χ2n) is 5.66. The quantitative estimate of drug-likeness (QED) is 0.581. The molecular formula is C14H19N7O3. The summed E-state index contributed by atoms with van der Waals surface area (Å²) in [7, 11) is 0. The highest BCUT2D eigenvalue weighted by atomic mass is 16.6. The molecule has 1 aliphatic rings. The minimum atomic E-state index is -0.505. The minimum absolute atomic E-state index is 0.0684. The van der Waals surface area contributed by atoms with Gasteiger partial charge in [0, 0.05) is 19.3 Å². The highest BCUT2D eigenvalue weighted by molar-refractivity contribution is 5.92. The number of hydrogen-bond acceptors (Lipinski definition) is 6. The molecule has 2 N–H and O–H groups in total. The number of carbonyl (C=O) groups excluding carboxylic acids is 1. The van der Waals surface area contributed by atoms with Crippen LogP contribution in [0.3, 0.4) is 0 Å². The number of amides is 1. The molecule has 1 atom stereocenters. The monoisotopic (exact) mass is 333 g/mol. The van der Waals surface area contributed by atoms with E-state index in [1.807, 2.05) is 10.9 Å². The molecule has 0 spiro atoms. The fourth-order valence-electron chi connectivity index (χ4n) is 2.67. The van der Waals surface area contributed by atoms with E-state index in [1.165, 1.54) is 17.1 Å². The number of nitrogens with one attached hydrogen (secondary N) is 2. The zero-order valence-corrected chi connectivity index (χ0v) is 13.1. The Balaban J connectivity index is 1.49. The number of hydrogen-bond donors (Lipinski definition) is 2. The molecule has 0 bridgehead atoms. The van der Waals surface area contributed by atoms with Crippen LogP contribution in [0.5, 0.6) is 0 Å². The van der Waals surface area contributed by atoms with Crippen LogP contribution < -0.4 is 10.6 Å². The Kier molecular flexibility index (Phi) is 4.85. The highest BCUT2D eigenvalue weighted by Gasteiger charge is 2.17. The van der Waals surface area contributed by atoms with Gasteiger partial charge in [0.2, 0.25) is 0 Å². The van der Waals surface area contributed by atoms with Crippen LogP contribution in [-0.2, 0) is 6.54 Å². The predicted molar refractivity (Wildman–Crippen MR) is 84.6 cm³/mol. The summed E-state index contributed by atoms with van der Waals surface area (Å²) in [6.45, 7) is 2.56. The van der Waals surface area contributed by atoms with Gasteiger partial charge in [-0.15, -0.1) is 0 Å². The number of nitrogens with zero attached hydrogens (tertiary/aromatic N) is 5. The first-order chi connectivity index (χ1) is 11.6. The van der Waals surface area contributed by atoms with Gasteiger partial charge in [-0.1, -0.05) is 0 Å². The molecule has 0 aliphatic carbocycles. The molecule has 2 aromatic rings. The van der Waals surface area contributed by atoms with Crippen LogP contribution >= 0.6 is 0 Å². The van der Waals surface area contributed by atoms with Crippen molar-refractivity contribution in [3.8, 4) is 0 Å². The normalized spacial score (nSPS) is 17.6. The van der Waals surface area contributed by atoms with E-state index in [0.29, 0.717) is 18.8 Å². The summed E-state index contributed by atoms with van der Waals surface area (Å²) >= 11 is 0. The van der Waals surface area contributed by atoms with Crippen molar-refractivity contribution in [3.05, 3.63) is 40.5 Å². The van der Waals surface area contributed by atoms with Gasteiger partial charge >= 0.3 is 5.69 Å². The Hall–Kier alpha value is -2.75. The molecule has 10 heteroatoms. The molecule has 1 saturated heterocycles. The molecule has 1 amide bonds. The third-order valence-corrected chi connectivity index (χ3v) is 3.94. The fourth-order valence-corrected chi connectivity index (χ4v) is 2.67. The molecule has 0 aromatic carbocycles. The topological polar surface area (TPSA) is 120 Å². The molecular weight excluding hydrogens is 314 g/mol. The van der Waals surface area contributed by atoms with Crippen LogP contribution in [-0.4, -0.2) is 50.0 Å². The average molecular weight is 333 g/mol. The van der Waals surface area contributed by atoms with E-state index in [0.717, 1.165) is 25.9 Å². The van der Waals surface area contributed by atoms with Crippen molar-refractivity contribution < 1.29 is 9.72 Å². The smallest absolute Gasteiger partial charge is 0.306 e. The van der Waals surface area contributed by atoms with Gasteiger partial charge < -0.3 is 10.6 Å². The molecule has 1 unspecified atom stereocenters. The van der Waals surface area contributed by atoms with Gasteiger partial charge in [-0.3, -0.25) is 24.3 Å². The van der Waals surface area contributed by atoms with Gasteiger partial charge in [0.05, 0.1) is 17.5 Å². The van der Waals surface area contributed by atoms with Crippen LogP contribution in [0.1, 0.15) is 29.4 Å². The first kappa shape index (κ1) is 16.1. The SMILES string of the molecule is O=C(NCCn1cc([N+](=O)[O-])cn1)c1ccn(C2CCCNC2)n1. The van der Waals surface area contributed by atoms with Crippen molar-refractivity contribution >= 4 is 11.6 Å². The number of carbonyl (C=O) groups is 1. The lowest BCUT2D eigenvalue weighted by Gasteiger charge is -2.22. The molecule has 3 heterocycles. The van der Waals surface area contributed by atoms with Crippen molar-refractivity contribution in [1.82, 2.24) is 30.2 Å². The summed E-state index contributed by atoms with van der Waals surface area (Å²) in [6, 6.07) is 1.98. The summed E-state index contributed by atoms with van der Waals surface area (Å²) in [6.07, 6.45) is 6.48. The molecule has 3 rings (SSSR count). The van der Waals surface area contributed by atoms with E-state index in [-0.39, 0.29) is 17.6 Å². The molecule has 1 aliphatic heterocycles. The standard InChI is InChI=1S/C14H19N7O3/c22-14(16-5-7-19-10-12(9-17-19)21(23)24)13-3-6-20(18-13)11-2-1-4-15-8-11/h3,6,9-11,15H,1-2,4-5,7-8H2,(H,16,22). The van der Waals surface area contributed by atoms with E-state index < -0.39 is 4.92 Å². The molecule has 10 nitrogen and oxygen atoms in total. The summed E-state index contributed by atoms with van der Waals surface area (Å²) in [5.74, 6) is -0.265. The molecule has 0 saturated carbocycles. The van der Waals surface area contributed by atoms with E-state index in [4.69, 9.17) is 0 Å². The Morgan fingerprint density at radius 2 is 2.42 bits per heavy atom. The lowest BCUT2D eigenvalue weighted by molar-refractivity contribution is -0.385. The van der Waals surface area contributed by atoms with Crippen molar-refractivity contribution in [2.24, 2.45) is 0 Å². The third kappa shape index (κ3) is 3.77. The first-order valence-electron chi connectivity index (χ1n) is 7.84. The van der Waals surface area contributed by atoms with E-state index in [1.54, 1.807) is 6.07 Å². The molecule has 0 radical (unpaired) electrons. The van der Waals surface area contributed by atoms with Gasteiger partial charge in [0.25, 0.3) is 5.91 Å². The average Bonchev–Trinajstić information content (AvgIpc) is 3.25. The lowest BCUT2D eigenvalue weighted by atomic mass is 10.1. The van der Waals surface area contributed by atoms with Crippen LogP contribution in [0.4, 0.5) is 5.69 Å². The van der Waals surface area contributed by atoms with Crippen LogP contribution in [0.25, 0.3) is 0 Å². The minimum Gasteiger partial charge on any atom is -0.349 e. The number of aromatic nitrogens is 4. The predicted octanol–water partition coefficient (Wildman–Crippen LogP) is 0.342. The highest BCUT2D eigenvalue weighted by Crippen LogP contribution is 2.15. The number of rotatable bonds is 6. The fraction of sp³-hybridized carbons (Fsp3) is 0.500. The third-order valence-electron chi connectivity index (χ3n) is 3.94. The van der Waals surface area contributed by atoms with Gasteiger partial charge in [0.15, 0.2) is 0 Å². The summed E-state index contributed by atoms with van der Waals surface area (Å²) in [5.41, 5.74) is 0.299. The van der Waals surface area contributed by atoms with Gasteiger partial charge in [-0.25, -0.2) is 0 Å². The van der Waals surface area contributed by atoms with Crippen molar-refractivity contribution in [3.63, 3.8) is 0 Å². The van der Waals surface area contributed by atoms with Crippen LogP contribution in [0, 0.1) is 10.1 Å². The number of nitro groups is 1. The molecule has 2 aromatic heterocycles. The summed E-state index contributed by atoms with van der Waals surface area (Å²) < 4.78 is 3.25. The summed E-state index contributed by atoms with van der Waals surface area (Å²) in [4.78, 5) is 22.2. The van der Waals surface area contributed by atoms with E-state index in [9.17, 15) is 14.9 Å². The Morgan fingerprint density at radius 1 is 1.54 bits per heavy atom.